The maximum Gasteiger partial charge on any atom is 0.295 e. The number of benzene rings is 2. The van der Waals surface area contributed by atoms with Crippen molar-refractivity contribution in [2.45, 2.75) is 54.1 Å². The van der Waals surface area contributed by atoms with Crippen molar-refractivity contribution in [2.75, 3.05) is 38.0 Å². The van der Waals surface area contributed by atoms with Crippen LogP contribution in [0.1, 0.15) is 50.4 Å². The van der Waals surface area contributed by atoms with Gasteiger partial charge in [0, 0.05) is 51.5 Å². The fourth-order valence-corrected chi connectivity index (χ4v) is 4.82. The van der Waals surface area contributed by atoms with Crippen molar-refractivity contribution in [3.63, 3.8) is 0 Å². The van der Waals surface area contributed by atoms with Gasteiger partial charge in [0.15, 0.2) is 0 Å². The van der Waals surface area contributed by atoms with Gasteiger partial charge in [0.2, 0.25) is 5.82 Å². The number of carbonyl (C=O) groups is 1. The van der Waals surface area contributed by atoms with Crippen molar-refractivity contribution in [1.82, 2.24) is 24.6 Å². The fraction of sp³-hybridized carbons (Fsp3) is 0.464. The lowest BCUT2D eigenvalue weighted by Gasteiger charge is -2.35. The zero-order valence-electron chi connectivity index (χ0n) is 21.8. The molecule has 1 N–H and O–H groups in total. The van der Waals surface area contributed by atoms with Gasteiger partial charge < -0.3 is 10.2 Å². The summed E-state index contributed by atoms with van der Waals surface area (Å²) in [5, 5.41) is 7.27. The second-order valence-corrected chi connectivity index (χ2v) is 9.93. The lowest BCUT2D eigenvalue weighted by Crippen LogP contribution is -2.46. The van der Waals surface area contributed by atoms with E-state index in [0.717, 1.165) is 63.5 Å². The van der Waals surface area contributed by atoms with Crippen LogP contribution in [0.25, 0.3) is 0 Å². The molecule has 2 heterocycles. The minimum absolute atomic E-state index is 0.207. The molecule has 1 fully saturated rings. The van der Waals surface area contributed by atoms with Crippen molar-refractivity contribution in [3.05, 3.63) is 75.9 Å². The predicted molar refractivity (Wildman–Crippen MR) is 141 cm³/mol. The summed E-state index contributed by atoms with van der Waals surface area (Å²) in [6.45, 7) is 17.9. The first-order valence-corrected chi connectivity index (χ1v) is 12.6. The molecule has 1 aromatic heterocycles. The number of hydrogen-bond acceptors (Lipinski definition) is 5. The summed E-state index contributed by atoms with van der Waals surface area (Å²) in [5.41, 5.74) is 8.73. The Balaban J connectivity index is 1.19. The summed E-state index contributed by atoms with van der Waals surface area (Å²) in [6.07, 6.45) is 2.64. The summed E-state index contributed by atoms with van der Waals surface area (Å²) in [5.74, 6) is -0.0688. The Morgan fingerprint density at radius 1 is 0.857 bits per heavy atom. The fourth-order valence-electron chi connectivity index (χ4n) is 4.82. The molecule has 0 bridgehead atoms. The number of carbonyl (C=O) groups excluding carboxylic acids is 1. The largest absolute Gasteiger partial charge is 0.319 e. The maximum absolute atomic E-state index is 12.5. The maximum atomic E-state index is 12.5. The van der Waals surface area contributed by atoms with Crippen LogP contribution < -0.4 is 5.32 Å². The number of piperazine rings is 1. The standard InChI is InChI=1S/C28H38N6O/c1-20-15-23(4)26(24(5)16-20)18-33-13-11-32(12-14-33)9-6-10-34-19-29-27(31-34)28(35)30-25-8-7-21(2)22(3)17-25/h7-8,15-17,19H,6,9-14,18H2,1-5H3,(H,30,35). The van der Waals surface area contributed by atoms with Gasteiger partial charge in [-0.1, -0.05) is 23.8 Å². The molecule has 7 heteroatoms. The van der Waals surface area contributed by atoms with E-state index < -0.39 is 0 Å². The Hall–Kier alpha value is -3.03. The topological polar surface area (TPSA) is 66.3 Å². The minimum atomic E-state index is -0.276. The number of nitrogens with one attached hydrogen (secondary N) is 1. The van der Waals surface area contributed by atoms with Crippen molar-refractivity contribution < 1.29 is 4.79 Å². The molecule has 3 aromatic rings. The highest BCUT2D eigenvalue weighted by Gasteiger charge is 2.18. The number of aryl methyl sites for hydroxylation is 6. The van der Waals surface area contributed by atoms with Crippen LogP contribution in [0.3, 0.4) is 0 Å². The Kier molecular flexibility index (Phi) is 7.98. The van der Waals surface area contributed by atoms with E-state index in [1.165, 1.54) is 27.8 Å². The van der Waals surface area contributed by atoms with E-state index in [4.69, 9.17) is 0 Å². The van der Waals surface area contributed by atoms with Gasteiger partial charge in [0.05, 0.1) is 0 Å². The van der Waals surface area contributed by atoms with Gasteiger partial charge >= 0.3 is 0 Å². The molecule has 2 aromatic carbocycles. The van der Waals surface area contributed by atoms with Crippen LogP contribution >= 0.6 is 0 Å². The second kappa shape index (κ2) is 11.1. The predicted octanol–water partition coefficient (Wildman–Crippen LogP) is 4.28. The third kappa shape index (κ3) is 6.55. The van der Waals surface area contributed by atoms with Crippen LogP contribution in [0, 0.1) is 34.6 Å². The molecule has 1 saturated heterocycles. The monoisotopic (exact) mass is 474 g/mol. The molecule has 35 heavy (non-hydrogen) atoms. The molecular formula is C28H38N6O. The third-order valence-corrected chi connectivity index (χ3v) is 7.05. The van der Waals surface area contributed by atoms with Crippen molar-refractivity contribution in [1.29, 1.82) is 0 Å². The van der Waals surface area contributed by atoms with Crippen LogP contribution in [0.4, 0.5) is 5.69 Å². The van der Waals surface area contributed by atoms with E-state index in [0.29, 0.717) is 0 Å². The van der Waals surface area contributed by atoms with E-state index in [9.17, 15) is 4.79 Å². The molecule has 0 radical (unpaired) electrons. The quantitative estimate of drug-likeness (QED) is 0.528. The number of hydrogen-bond donors (Lipinski definition) is 1. The van der Waals surface area contributed by atoms with Crippen molar-refractivity contribution in [2.24, 2.45) is 0 Å². The summed E-state index contributed by atoms with van der Waals surface area (Å²) in [4.78, 5) is 21.8. The molecule has 1 amide bonds. The van der Waals surface area contributed by atoms with E-state index in [1.54, 1.807) is 11.0 Å². The van der Waals surface area contributed by atoms with Gasteiger partial charge in [0.25, 0.3) is 5.91 Å². The van der Waals surface area contributed by atoms with Crippen LogP contribution in [0.15, 0.2) is 36.7 Å². The molecule has 1 aliphatic heterocycles. The minimum Gasteiger partial charge on any atom is -0.319 e. The Morgan fingerprint density at radius 3 is 2.23 bits per heavy atom. The number of anilines is 1. The molecule has 0 saturated carbocycles. The summed E-state index contributed by atoms with van der Waals surface area (Å²) in [7, 11) is 0. The SMILES string of the molecule is Cc1cc(C)c(CN2CCN(CCCn3cnc(C(=O)Nc4ccc(C)c(C)c4)n3)CC2)c(C)c1. The van der Waals surface area contributed by atoms with Gasteiger partial charge in [-0.15, -0.1) is 5.10 Å². The van der Waals surface area contributed by atoms with E-state index in [2.05, 4.69) is 65.0 Å². The Labute approximate surface area is 209 Å². The first-order chi connectivity index (χ1) is 16.8. The van der Waals surface area contributed by atoms with Gasteiger partial charge in [-0.05, 0) is 81.0 Å². The summed E-state index contributed by atoms with van der Waals surface area (Å²) in [6, 6.07) is 10.5. The van der Waals surface area contributed by atoms with Crippen LogP contribution in [0.2, 0.25) is 0 Å². The van der Waals surface area contributed by atoms with Gasteiger partial charge in [-0.3, -0.25) is 14.4 Å². The van der Waals surface area contributed by atoms with Gasteiger partial charge in [0.1, 0.15) is 6.33 Å². The van der Waals surface area contributed by atoms with Crippen LogP contribution in [0.5, 0.6) is 0 Å². The van der Waals surface area contributed by atoms with Gasteiger partial charge in [-0.2, -0.15) is 0 Å². The zero-order valence-corrected chi connectivity index (χ0v) is 21.8. The Bertz CT molecular complexity index is 1150. The molecule has 0 aliphatic carbocycles. The highest BCUT2D eigenvalue weighted by molar-refractivity contribution is 6.01. The molecular weight excluding hydrogens is 436 g/mol. The second-order valence-electron chi connectivity index (χ2n) is 9.93. The summed E-state index contributed by atoms with van der Waals surface area (Å²) >= 11 is 0. The molecule has 0 spiro atoms. The van der Waals surface area contributed by atoms with Crippen molar-refractivity contribution in [3.8, 4) is 0 Å². The number of aromatic nitrogens is 3. The van der Waals surface area contributed by atoms with Crippen LogP contribution in [-0.2, 0) is 13.1 Å². The molecule has 0 unspecified atom stereocenters. The molecule has 1 aliphatic rings. The van der Waals surface area contributed by atoms with E-state index in [-0.39, 0.29) is 11.7 Å². The molecule has 7 nitrogen and oxygen atoms in total. The first kappa shape index (κ1) is 25.1. The average Bonchev–Trinajstić information content (AvgIpc) is 3.29. The van der Waals surface area contributed by atoms with Crippen molar-refractivity contribution >= 4 is 11.6 Å². The number of rotatable bonds is 8. The van der Waals surface area contributed by atoms with E-state index in [1.807, 2.05) is 25.1 Å². The van der Waals surface area contributed by atoms with Crippen LogP contribution in [-0.4, -0.2) is 63.2 Å². The highest BCUT2D eigenvalue weighted by Crippen LogP contribution is 2.19. The number of nitrogens with zero attached hydrogens (tertiary/aromatic N) is 5. The molecule has 186 valence electrons. The number of amides is 1. The van der Waals surface area contributed by atoms with Gasteiger partial charge in [-0.25, -0.2) is 4.98 Å². The Morgan fingerprint density at radius 2 is 1.54 bits per heavy atom. The third-order valence-electron chi connectivity index (χ3n) is 7.05. The average molecular weight is 475 g/mol. The zero-order chi connectivity index (χ0) is 24.9. The normalized spacial score (nSPS) is 14.9. The smallest absolute Gasteiger partial charge is 0.295 e. The first-order valence-electron chi connectivity index (χ1n) is 12.6. The lowest BCUT2D eigenvalue weighted by atomic mass is 9.99. The summed E-state index contributed by atoms with van der Waals surface area (Å²) < 4.78 is 1.77. The van der Waals surface area contributed by atoms with E-state index >= 15 is 0 Å². The molecule has 4 rings (SSSR count). The highest BCUT2D eigenvalue weighted by atomic mass is 16.2. The molecule has 0 atom stereocenters. The lowest BCUT2D eigenvalue weighted by molar-refractivity contribution is 0.101.